The normalized spacial score (nSPS) is 10.2. The van der Waals surface area contributed by atoms with E-state index in [1.807, 2.05) is 0 Å². The minimum absolute atomic E-state index is 0.00318. The van der Waals surface area contributed by atoms with Crippen LogP contribution in [0.2, 0.25) is 10.0 Å². The minimum Gasteiger partial charge on any atom is -0.478 e. The zero-order valence-electron chi connectivity index (χ0n) is 9.18. The minimum atomic E-state index is -1.24. The van der Waals surface area contributed by atoms with Gasteiger partial charge in [-0.25, -0.2) is 9.78 Å². The van der Waals surface area contributed by atoms with Gasteiger partial charge in [-0.05, 0) is 12.1 Å². The molecule has 8 heteroatoms. The predicted molar refractivity (Wildman–Crippen MR) is 73.5 cm³/mol. The number of carbonyl (C=O) groups is 2. The number of hydrogen-bond donors (Lipinski definition) is 2. The highest BCUT2D eigenvalue weighted by atomic mass is 35.5. The molecule has 19 heavy (non-hydrogen) atoms. The molecule has 1 amide bonds. The van der Waals surface area contributed by atoms with Crippen LogP contribution in [-0.2, 0) is 0 Å². The molecule has 0 saturated carbocycles. The van der Waals surface area contributed by atoms with Crippen LogP contribution in [0.5, 0.6) is 0 Å². The van der Waals surface area contributed by atoms with Gasteiger partial charge in [0.25, 0.3) is 5.91 Å². The number of aromatic nitrogens is 1. The monoisotopic (exact) mass is 316 g/mol. The van der Waals surface area contributed by atoms with Crippen molar-refractivity contribution in [1.29, 1.82) is 0 Å². The number of carbonyl (C=O) groups excluding carboxylic acids is 1. The number of nitrogens with zero attached hydrogens (tertiary/aromatic N) is 1. The van der Waals surface area contributed by atoms with Crippen molar-refractivity contribution in [2.24, 2.45) is 0 Å². The fourth-order valence-corrected chi connectivity index (χ4v) is 2.44. The Balaban J connectivity index is 2.39. The molecule has 0 bridgehead atoms. The molecule has 2 aromatic rings. The summed E-state index contributed by atoms with van der Waals surface area (Å²) in [5.41, 5.74) is 1.50. The molecule has 2 rings (SSSR count). The Labute approximate surface area is 121 Å². The summed E-state index contributed by atoms with van der Waals surface area (Å²) in [5.74, 6) is -1.77. The SMILES string of the molecule is O=C(Nc1c(Cl)cc(Cl)cc1C(=O)O)c1cscn1. The number of carboxylic acid groups (broad SMARTS) is 1. The molecular formula is C11H6Cl2N2O3S. The van der Waals surface area contributed by atoms with Gasteiger partial charge in [0.1, 0.15) is 5.69 Å². The third kappa shape index (κ3) is 3.04. The average Bonchev–Trinajstić information content (AvgIpc) is 2.85. The summed E-state index contributed by atoms with van der Waals surface area (Å²) >= 11 is 12.9. The molecule has 98 valence electrons. The highest BCUT2D eigenvalue weighted by Gasteiger charge is 2.18. The first-order valence-corrected chi connectivity index (χ1v) is 6.61. The van der Waals surface area contributed by atoms with Gasteiger partial charge in [0.2, 0.25) is 0 Å². The molecule has 2 N–H and O–H groups in total. The van der Waals surface area contributed by atoms with Crippen molar-refractivity contribution in [3.63, 3.8) is 0 Å². The number of thiazole rings is 1. The maximum absolute atomic E-state index is 11.8. The van der Waals surface area contributed by atoms with Gasteiger partial charge < -0.3 is 10.4 Å². The molecule has 1 aromatic carbocycles. The van der Waals surface area contributed by atoms with Crippen LogP contribution in [0, 0.1) is 0 Å². The van der Waals surface area contributed by atoms with Crippen molar-refractivity contribution in [3.8, 4) is 0 Å². The Bertz CT molecular complexity index is 644. The van der Waals surface area contributed by atoms with E-state index in [0.717, 1.165) is 0 Å². The number of carboxylic acids is 1. The summed E-state index contributed by atoms with van der Waals surface area (Å²) in [7, 11) is 0. The van der Waals surface area contributed by atoms with E-state index in [9.17, 15) is 9.59 Å². The number of nitrogens with one attached hydrogen (secondary N) is 1. The molecule has 0 saturated heterocycles. The molecular weight excluding hydrogens is 311 g/mol. The van der Waals surface area contributed by atoms with Gasteiger partial charge in [0.05, 0.1) is 21.8 Å². The summed E-state index contributed by atoms with van der Waals surface area (Å²) in [6.45, 7) is 0. The van der Waals surface area contributed by atoms with Crippen LogP contribution in [0.3, 0.4) is 0 Å². The summed E-state index contributed by atoms with van der Waals surface area (Å²) in [6, 6.07) is 2.57. The second-order valence-corrected chi connectivity index (χ2v) is 5.01. The molecule has 1 heterocycles. The van der Waals surface area contributed by atoms with Crippen molar-refractivity contribution < 1.29 is 14.7 Å². The van der Waals surface area contributed by atoms with Crippen molar-refractivity contribution in [3.05, 3.63) is 44.3 Å². The maximum Gasteiger partial charge on any atom is 0.337 e. The van der Waals surface area contributed by atoms with Crippen molar-refractivity contribution in [2.45, 2.75) is 0 Å². The molecule has 0 spiro atoms. The largest absolute Gasteiger partial charge is 0.478 e. The number of benzene rings is 1. The lowest BCUT2D eigenvalue weighted by Gasteiger charge is -2.10. The Morgan fingerprint density at radius 1 is 1.32 bits per heavy atom. The van der Waals surface area contributed by atoms with Crippen molar-refractivity contribution in [2.75, 3.05) is 5.32 Å². The first-order chi connectivity index (χ1) is 8.99. The summed E-state index contributed by atoms with van der Waals surface area (Å²) in [4.78, 5) is 26.8. The summed E-state index contributed by atoms with van der Waals surface area (Å²) in [6.07, 6.45) is 0. The van der Waals surface area contributed by atoms with E-state index in [-0.39, 0.29) is 27.0 Å². The van der Waals surface area contributed by atoms with Gasteiger partial charge >= 0.3 is 5.97 Å². The van der Waals surface area contributed by atoms with E-state index in [0.29, 0.717) is 0 Å². The van der Waals surface area contributed by atoms with Crippen LogP contribution in [-0.4, -0.2) is 22.0 Å². The second kappa shape index (κ2) is 5.56. The van der Waals surface area contributed by atoms with E-state index in [4.69, 9.17) is 28.3 Å². The number of rotatable bonds is 3. The number of aromatic carboxylic acids is 1. The molecule has 0 unspecified atom stereocenters. The lowest BCUT2D eigenvalue weighted by Crippen LogP contribution is -2.15. The van der Waals surface area contributed by atoms with E-state index in [1.54, 1.807) is 5.38 Å². The third-order valence-corrected chi connectivity index (χ3v) is 3.29. The molecule has 5 nitrogen and oxygen atoms in total. The van der Waals surface area contributed by atoms with Crippen LogP contribution in [0.25, 0.3) is 0 Å². The first kappa shape index (κ1) is 13.8. The number of amides is 1. The smallest absolute Gasteiger partial charge is 0.337 e. The molecule has 0 aliphatic rings. The van der Waals surface area contributed by atoms with Crippen molar-refractivity contribution in [1.82, 2.24) is 4.98 Å². The van der Waals surface area contributed by atoms with E-state index in [1.165, 1.54) is 29.0 Å². The quantitative estimate of drug-likeness (QED) is 0.909. The second-order valence-electron chi connectivity index (χ2n) is 3.44. The Hall–Kier alpha value is -1.63. The lowest BCUT2D eigenvalue weighted by atomic mass is 10.1. The van der Waals surface area contributed by atoms with Crippen LogP contribution in [0.1, 0.15) is 20.8 Å². The highest BCUT2D eigenvalue weighted by molar-refractivity contribution is 7.07. The molecule has 0 aliphatic heterocycles. The Morgan fingerprint density at radius 3 is 2.63 bits per heavy atom. The zero-order valence-corrected chi connectivity index (χ0v) is 11.5. The lowest BCUT2D eigenvalue weighted by molar-refractivity contribution is 0.0698. The first-order valence-electron chi connectivity index (χ1n) is 4.91. The average molecular weight is 317 g/mol. The number of hydrogen-bond acceptors (Lipinski definition) is 4. The standard InChI is InChI=1S/C11H6Cl2N2O3S/c12-5-1-6(11(17)18)9(7(13)2-5)15-10(16)8-3-19-4-14-8/h1-4H,(H,15,16)(H,17,18). The Morgan fingerprint density at radius 2 is 2.05 bits per heavy atom. The van der Waals surface area contributed by atoms with Gasteiger partial charge in [-0.15, -0.1) is 11.3 Å². The molecule has 0 aliphatic carbocycles. The topological polar surface area (TPSA) is 79.3 Å². The Kier molecular flexibility index (Phi) is 4.04. The molecule has 0 radical (unpaired) electrons. The van der Waals surface area contributed by atoms with Crippen LogP contribution in [0.4, 0.5) is 5.69 Å². The van der Waals surface area contributed by atoms with Gasteiger partial charge in [0, 0.05) is 10.4 Å². The number of halogens is 2. The fraction of sp³-hybridized carbons (Fsp3) is 0. The van der Waals surface area contributed by atoms with Gasteiger partial charge in [-0.3, -0.25) is 4.79 Å². The number of anilines is 1. The predicted octanol–water partition coefficient (Wildman–Crippen LogP) is 3.40. The van der Waals surface area contributed by atoms with Crippen LogP contribution >= 0.6 is 34.5 Å². The summed E-state index contributed by atoms with van der Waals surface area (Å²) in [5, 5.41) is 13.3. The van der Waals surface area contributed by atoms with Crippen LogP contribution in [0.15, 0.2) is 23.0 Å². The zero-order chi connectivity index (χ0) is 14.0. The van der Waals surface area contributed by atoms with Crippen LogP contribution < -0.4 is 5.32 Å². The van der Waals surface area contributed by atoms with E-state index < -0.39 is 11.9 Å². The summed E-state index contributed by atoms with van der Waals surface area (Å²) < 4.78 is 0. The molecule has 0 fully saturated rings. The van der Waals surface area contributed by atoms with Crippen molar-refractivity contribution >= 4 is 52.1 Å². The third-order valence-electron chi connectivity index (χ3n) is 2.19. The van der Waals surface area contributed by atoms with Gasteiger partial charge in [-0.2, -0.15) is 0 Å². The molecule has 0 atom stereocenters. The van der Waals surface area contributed by atoms with E-state index in [2.05, 4.69) is 10.3 Å². The van der Waals surface area contributed by atoms with Gasteiger partial charge in [0.15, 0.2) is 0 Å². The maximum atomic E-state index is 11.8. The molecule has 1 aromatic heterocycles. The highest BCUT2D eigenvalue weighted by Crippen LogP contribution is 2.30. The van der Waals surface area contributed by atoms with Gasteiger partial charge in [-0.1, -0.05) is 23.2 Å². The fourth-order valence-electron chi connectivity index (χ4n) is 1.37. The van der Waals surface area contributed by atoms with E-state index >= 15 is 0 Å².